The van der Waals surface area contributed by atoms with E-state index in [-0.39, 0.29) is 17.2 Å². The highest BCUT2D eigenvalue weighted by atomic mass is 32.2. The van der Waals surface area contributed by atoms with E-state index in [0.717, 1.165) is 0 Å². The first-order valence-electron chi connectivity index (χ1n) is 6.25. The van der Waals surface area contributed by atoms with Crippen LogP contribution in [0, 0.1) is 5.82 Å². The zero-order valence-electron chi connectivity index (χ0n) is 11.2. The van der Waals surface area contributed by atoms with Gasteiger partial charge in [0.1, 0.15) is 5.82 Å². The number of hydrogen-bond acceptors (Lipinski definition) is 3. The Bertz CT molecular complexity index is 466. The summed E-state index contributed by atoms with van der Waals surface area (Å²) in [6.07, 6.45) is 0. The van der Waals surface area contributed by atoms with Crippen molar-refractivity contribution in [1.82, 2.24) is 5.32 Å². The second-order valence-corrected chi connectivity index (χ2v) is 5.75. The second kappa shape index (κ2) is 7.89. The zero-order chi connectivity index (χ0) is 14.3. The molecule has 0 aromatic heterocycles. The Morgan fingerprint density at radius 3 is 2.74 bits per heavy atom. The van der Waals surface area contributed by atoms with Crippen LogP contribution in [-0.2, 0) is 10.8 Å². The van der Waals surface area contributed by atoms with Crippen LogP contribution in [0.4, 0.5) is 10.1 Å². The highest BCUT2D eigenvalue weighted by Crippen LogP contribution is 2.19. The van der Waals surface area contributed by atoms with Crippen molar-refractivity contribution < 1.29 is 13.4 Å². The predicted molar refractivity (Wildman–Crippen MR) is 76.4 cm³/mol. The lowest BCUT2D eigenvalue weighted by atomic mass is 10.1. The molecule has 1 rings (SSSR count). The number of carbonyl (C=O) groups excluding carboxylic acids is 1. The Morgan fingerprint density at radius 1 is 1.37 bits per heavy atom. The van der Waals surface area contributed by atoms with E-state index in [1.54, 1.807) is 6.07 Å². The Balaban J connectivity index is 2.71. The highest BCUT2D eigenvalue weighted by molar-refractivity contribution is 7.84. The molecule has 1 aromatic carbocycles. The van der Waals surface area contributed by atoms with Crippen LogP contribution < -0.4 is 10.6 Å². The summed E-state index contributed by atoms with van der Waals surface area (Å²) in [4.78, 5) is 11.9. The molecule has 6 heteroatoms. The van der Waals surface area contributed by atoms with Crippen LogP contribution in [0.5, 0.6) is 0 Å². The van der Waals surface area contributed by atoms with Gasteiger partial charge in [-0.05, 0) is 19.1 Å². The van der Waals surface area contributed by atoms with Crippen molar-refractivity contribution in [3.05, 3.63) is 29.6 Å². The number of nitrogens with one attached hydrogen (secondary N) is 2. The molecule has 0 aliphatic rings. The van der Waals surface area contributed by atoms with Crippen LogP contribution in [0.2, 0.25) is 0 Å². The van der Waals surface area contributed by atoms with Crippen LogP contribution in [0.3, 0.4) is 0 Å². The SMILES string of the molecule is CCNc1c(F)cccc1C(=O)NCCS(=O)CC. The summed E-state index contributed by atoms with van der Waals surface area (Å²) in [6.45, 7) is 4.51. The number of rotatable bonds is 7. The van der Waals surface area contributed by atoms with E-state index in [1.165, 1.54) is 12.1 Å². The molecule has 0 aliphatic heterocycles. The van der Waals surface area contributed by atoms with Crippen molar-refractivity contribution in [2.75, 3.05) is 29.9 Å². The van der Waals surface area contributed by atoms with E-state index in [9.17, 15) is 13.4 Å². The summed E-state index contributed by atoms with van der Waals surface area (Å²) in [6, 6.07) is 4.36. The van der Waals surface area contributed by atoms with Gasteiger partial charge in [0.25, 0.3) is 5.91 Å². The fourth-order valence-electron chi connectivity index (χ4n) is 1.59. The Morgan fingerprint density at radius 2 is 2.11 bits per heavy atom. The van der Waals surface area contributed by atoms with Crippen LogP contribution >= 0.6 is 0 Å². The summed E-state index contributed by atoms with van der Waals surface area (Å²) in [5.74, 6) is 0.169. The Hall–Kier alpha value is -1.43. The van der Waals surface area contributed by atoms with Gasteiger partial charge in [-0.3, -0.25) is 9.00 Å². The molecular formula is C13H19FN2O2S. The van der Waals surface area contributed by atoms with Crippen LogP contribution in [0.15, 0.2) is 18.2 Å². The third-order valence-electron chi connectivity index (χ3n) is 2.55. The maximum absolute atomic E-state index is 13.6. The molecule has 106 valence electrons. The van der Waals surface area contributed by atoms with Gasteiger partial charge in [-0.25, -0.2) is 4.39 Å². The fraction of sp³-hybridized carbons (Fsp3) is 0.462. The lowest BCUT2D eigenvalue weighted by Gasteiger charge is -2.11. The van der Waals surface area contributed by atoms with Gasteiger partial charge in [-0.15, -0.1) is 0 Å². The van der Waals surface area contributed by atoms with Gasteiger partial charge in [0.2, 0.25) is 0 Å². The quantitative estimate of drug-likeness (QED) is 0.803. The minimum Gasteiger partial charge on any atom is -0.382 e. The van der Waals surface area contributed by atoms with Gasteiger partial charge in [0.05, 0.1) is 11.3 Å². The maximum Gasteiger partial charge on any atom is 0.253 e. The van der Waals surface area contributed by atoms with E-state index in [4.69, 9.17) is 0 Å². The van der Waals surface area contributed by atoms with Crippen molar-refractivity contribution in [3.8, 4) is 0 Å². The predicted octanol–water partition coefficient (Wildman–Crippen LogP) is 1.76. The molecule has 0 fully saturated rings. The summed E-state index contributed by atoms with van der Waals surface area (Å²) in [5.41, 5.74) is 0.475. The van der Waals surface area contributed by atoms with Gasteiger partial charge in [0.15, 0.2) is 0 Å². The molecular weight excluding hydrogens is 267 g/mol. The summed E-state index contributed by atoms with van der Waals surface area (Å²) < 4.78 is 24.9. The molecule has 0 heterocycles. The first kappa shape index (κ1) is 15.6. The molecule has 0 aliphatic carbocycles. The largest absolute Gasteiger partial charge is 0.382 e. The molecule has 0 radical (unpaired) electrons. The van der Waals surface area contributed by atoms with Crippen molar-refractivity contribution in [1.29, 1.82) is 0 Å². The smallest absolute Gasteiger partial charge is 0.253 e. The van der Waals surface area contributed by atoms with Crippen LogP contribution in [-0.4, -0.2) is 34.7 Å². The number of anilines is 1. The third-order valence-corrected chi connectivity index (χ3v) is 3.85. The lowest BCUT2D eigenvalue weighted by Crippen LogP contribution is -2.29. The number of carbonyl (C=O) groups is 1. The fourth-order valence-corrected chi connectivity index (χ4v) is 2.21. The lowest BCUT2D eigenvalue weighted by molar-refractivity contribution is 0.0956. The van der Waals surface area contributed by atoms with Gasteiger partial charge < -0.3 is 10.6 Å². The summed E-state index contributed by atoms with van der Waals surface area (Å²) in [5, 5.41) is 5.49. The molecule has 1 unspecified atom stereocenters. The third kappa shape index (κ3) is 4.63. The van der Waals surface area contributed by atoms with Crippen molar-refractivity contribution in [2.45, 2.75) is 13.8 Å². The van der Waals surface area contributed by atoms with E-state index in [0.29, 0.717) is 24.6 Å². The highest BCUT2D eigenvalue weighted by Gasteiger charge is 2.14. The average molecular weight is 286 g/mol. The molecule has 1 amide bonds. The standard InChI is InChI=1S/C13H19FN2O2S/c1-3-15-12-10(6-5-7-11(12)14)13(17)16-8-9-19(18)4-2/h5-7,15H,3-4,8-9H2,1-2H3,(H,16,17). The topological polar surface area (TPSA) is 58.2 Å². The zero-order valence-corrected chi connectivity index (χ0v) is 12.0. The van der Waals surface area contributed by atoms with Crippen LogP contribution in [0.1, 0.15) is 24.2 Å². The maximum atomic E-state index is 13.6. The second-order valence-electron chi connectivity index (χ2n) is 3.88. The minimum atomic E-state index is -0.917. The average Bonchev–Trinajstić information content (AvgIpc) is 2.40. The number of hydrogen-bond donors (Lipinski definition) is 2. The van der Waals surface area contributed by atoms with Gasteiger partial charge in [0, 0.05) is 35.4 Å². The number of amides is 1. The van der Waals surface area contributed by atoms with Crippen molar-refractivity contribution >= 4 is 22.4 Å². The Kier molecular flexibility index (Phi) is 6.49. The van der Waals surface area contributed by atoms with E-state index < -0.39 is 16.6 Å². The molecule has 0 spiro atoms. The van der Waals surface area contributed by atoms with Crippen molar-refractivity contribution in [2.24, 2.45) is 0 Å². The molecule has 0 saturated carbocycles. The normalized spacial score (nSPS) is 11.9. The van der Waals surface area contributed by atoms with E-state index in [1.807, 2.05) is 13.8 Å². The van der Waals surface area contributed by atoms with Crippen LogP contribution in [0.25, 0.3) is 0 Å². The Labute approximate surface area is 115 Å². The molecule has 4 nitrogen and oxygen atoms in total. The molecule has 19 heavy (non-hydrogen) atoms. The molecule has 2 N–H and O–H groups in total. The van der Waals surface area contributed by atoms with Gasteiger partial charge >= 0.3 is 0 Å². The molecule has 0 saturated heterocycles. The molecule has 1 aromatic rings. The van der Waals surface area contributed by atoms with Gasteiger partial charge in [-0.1, -0.05) is 13.0 Å². The summed E-state index contributed by atoms with van der Waals surface area (Å²) >= 11 is 0. The number of halogens is 1. The van der Waals surface area contributed by atoms with Crippen molar-refractivity contribution in [3.63, 3.8) is 0 Å². The number of para-hydroxylation sites is 1. The van der Waals surface area contributed by atoms with E-state index >= 15 is 0 Å². The number of benzene rings is 1. The minimum absolute atomic E-state index is 0.208. The molecule has 1 atom stereocenters. The van der Waals surface area contributed by atoms with Gasteiger partial charge in [-0.2, -0.15) is 0 Å². The summed E-state index contributed by atoms with van der Waals surface area (Å²) in [7, 11) is -0.917. The monoisotopic (exact) mass is 286 g/mol. The van der Waals surface area contributed by atoms with E-state index in [2.05, 4.69) is 10.6 Å². The molecule has 0 bridgehead atoms. The first-order chi connectivity index (χ1) is 9.10. The first-order valence-corrected chi connectivity index (χ1v) is 7.74.